The van der Waals surface area contributed by atoms with Crippen molar-refractivity contribution in [2.24, 2.45) is 0 Å². The summed E-state index contributed by atoms with van der Waals surface area (Å²) >= 11 is 5.68. The third-order valence-electron chi connectivity index (χ3n) is 2.11. The Hall–Kier alpha value is -1.02. The molecule has 2 nitrogen and oxygen atoms in total. The number of rotatable bonds is 6. The van der Waals surface area contributed by atoms with E-state index in [-0.39, 0.29) is 0 Å². The summed E-state index contributed by atoms with van der Waals surface area (Å²) in [5, 5.41) is 0. The second-order valence-electron chi connectivity index (χ2n) is 3.33. The zero-order chi connectivity index (χ0) is 11.1. The highest BCUT2D eigenvalue weighted by atomic mass is 35.5. The van der Waals surface area contributed by atoms with Crippen LogP contribution in [0.4, 0.5) is 0 Å². The molecule has 0 saturated heterocycles. The minimum absolute atomic E-state index is 0.413. The van der Waals surface area contributed by atoms with Gasteiger partial charge < -0.3 is 4.74 Å². The number of aldehydes is 1. The van der Waals surface area contributed by atoms with Gasteiger partial charge in [-0.05, 0) is 24.1 Å². The molecule has 0 amide bonds. The van der Waals surface area contributed by atoms with E-state index in [0.29, 0.717) is 23.8 Å². The fourth-order valence-corrected chi connectivity index (χ4v) is 1.40. The van der Waals surface area contributed by atoms with E-state index in [1.807, 2.05) is 6.07 Å². The largest absolute Gasteiger partial charge is 0.493 e. The zero-order valence-corrected chi connectivity index (χ0v) is 9.59. The lowest BCUT2D eigenvalue weighted by Crippen LogP contribution is -1.99. The molecule has 0 saturated carbocycles. The normalized spacial score (nSPS) is 10.0. The van der Waals surface area contributed by atoms with Crippen LogP contribution in [0.5, 0.6) is 5.75 Å². The van der Waals surface area contributed by atoms with Crippen molar-refractivity contribution in [3.8, 4) is 5.75 Å². The predicted molar refractivity (Wildman–Crippen MR) is 61.8 cm³/mol. The molecule has 0 radical (unpaired) electrons. The lowest BCUT2D eigenvalue weighted by molar-refractivity contribution is 0.111. The Labute approximate surface area is 95.2 Å². The highest BCUT2D eigenvalue weighted by molar-refractivity contribution is 6.17. The summed E-state index contributed by atoms with van der Waals surface area (Å²) in [5.74, 6) is 1.06. The van der Waals surface area contributed by atoms with Crippen LogP contribution in [0.2, 0.25) is 0 Å². The van der Waals surface area contributed by atoms with Crippen molar-refractivity contribution in [1.82, 2.24) is 0 Å². The first kappa shape index (κ1) is 12.1. The second kappa shape index (κ2) is 6.46. The van der Waals surface area contributed by atoms with Crippen LogP contribution < -0.4 is 4.74 Å². The standard InChI is InChI=1S/C12H15ClO2/c1-2-3-6-15-12-5-4-10(8-13)7-11(12)9-14/h4-5,7,9H,2-3,6,8H2,1H3. The molecule has 15 heavy (non-hydrogen) atoms. The molecule has 0 bridgehead atoms. The van der Waals surface area contributed by atoms with Crippen LogP contribution in [0.3, 0.4) is 0 Å². The third kappa shape index (κ3) is 3.56. The lowest BCUT2D eigenvalue weighted by Gasteiger charge is -2.08. The van der Waals surface area contributed by atoms with Gasteiger partial charge in [0, 0.05) is 5.88 Å². The van der Waals surface area contributed by atoms with E-state index in [0.717, 1.165) is 24.7 Å². The smallest absolute Gasteiger partial charge is 0.153 e. The van der Waals surface area contributed by atoms with Gasteiger partial charge in [0.2, 0.25) is 0 Å². The van der Waals surface area contributed by atoms with Crippen LogP contribution in [0.15, 0.2) is 18.2 Å². The summed E-state index contributed by atoms with van der Waals surface area (Å²) in [6, 6.07) is 5.44. The Bertz CT molecular complexity index is 323. The topological polar surface area (TPSA) is 26.3 Å². The number of carbonyl (C=O) groups excluding carboxylic acids is 1. The predicted octanol–water partition coefficient (Wildman–Crippen LogP) is 3.42. The summed E-state index contributed by atoms with van der Waals surface area (Å²) in [6.45, 7) is 2.75. The Kier molecular flexibility index (Phi) is 5.19. The van der Waals surface area contributed by atoms with Crippen molar-refractivity contribution < 1.29 is 9.53 Å². The molecule has 0 fully saturated rings. The number of unbranched alkanes of at least 4 members (excludes halogenated alkanes) is 1. The first-order valence-electron chi connectivity index (χ1n) is 5.08. The maximum absolute atomic E-state index is 10.8. The summed E-state index contributed by atoms with van der Waals surface area (Å²) < 4.78 is 5.49. The van der Waals surface area contributed by atoms with Crippen LogP contribution in [-0.2, 0) is 5.88 Å². The molecule has 1 aromatic carbocycles. The molecule has 0 aliphatic rings. The van der Waals surface area contributed by atoms with E-state index in [1.54, 1.807) is 12.1 Å². The molecule has 0 unspecified atom stereocenters. The van der Waals surface area contributed by atoms with Gasteiger partial charge >= 0.3 is 0 Å². The zero-order valence-electron chi connectivity index (χ0n) is 8.83. The van der Waals surface area contributed by atoms with Gasteiger partial charge in [-0.25, -0.2) is 0 Å². The van der Waals surface area contributed by atoms with Gasteiger partial charge in [0.15, 0.2) is 6.29 Å². The quantitative estimate of drug-likeness (QED) is 0.422. The summed E-state index contributed by atoms with van der Waals surface area (Å²) in [4.78, 5) is 10.8. The average molecular weight is 227 g/mol. The Balaban J connectivity index is 2.73. The van der Waals surface area contributed by atoms with Gasteiger partial charge in [-0.1, -0.05) is 19.4 Å². The van der Waals surface area contributed by atoms with Crippen LogP contribution in [-0.4, -0.2) is 12.9 Å². The number of alkyl halides is 1. The van der Waals surface area contributed by atoms with Crippen LogP contribution in [0, 0.1) is 0 Å². The van der Waals surface area contributed by atoms with Gasteiger partial charge in [-0.2, -0.15) is 0 Å². The molecule has 0 atom stereocenters. The molecule has 0 heterocycles. The second-order valence-corrected chi connectivity index (χ2v) is 3.59. The fourth-order valence-electron chi connectivity index (χ4n) is 1.23. The molecule has 0 aromatic heterocycles. The molecule has 3 heteroatoms. The monoisotopic (exact) mass is 226 g/mol. The highest BCUT2D eigenvalue weighted by Gasteiger charge is 2.03. The minimum atomic E-state index is 0.413. The highest BCUT2D eigenvalue weighted by Crippen LogP contribution is 2.19. The molecule has 0 aliphatic carbocycles. The van der Waals surface area contributed by atoms with Crippen molar-refractivity contribution in [1.29, 1.82) is 0 Å². The van der Waals surface area contributed by atoms with Gasteiger partial charge in [-0.3, -0.25) is 4.79 Å². The van der Waals surface area contributed by atoms with Gasteiger partial charge in [0.25, 0.3) is 0 Å². The Morgan fingerprint density at radius 3 is 2.87 bits per heavy atom. The molecular formula is C12H15ClO2. The molecule has 1 aromatic rings. The number of benzene rings is 1. The SMILES string of the molecule is CCCCOc1ccc(CCl)cc1C=O. The molecule has 82 valence electrons. The van der Waals surface area contributed by atoms with E-state index in [9.17, 15) is 4.79 Å². The van der Waals surface area contributed by atoms with Crippen molar-refractivity contribution in [3.05, 3.63) is 29.3 Å². The number of hydrogen-bond donors (Lipinski definition) is 0. The van der Waals surface area contributed by atoms with Crippen molar-refractivity contribution in [2.75, 3.05) is 6.61 Å². The summed E-state index contributed by atoms with van der Waals surface area (Å²) in [6.07, 6.45) is 2.88. The van der Waals surface area contributed by atoms with E-state index < -0.39 is 0 Å². The van der Waals surface area contributed by atoms with Gasteiger partial charge in [-0.15, -0.1) is 11.6 Å². The van der Waals surface area contributed by atoms with Crippen molar-refractivity contribution >= 4 is 17.9 Å². The molecule has 0 spiro atoms. The van der Waals surface area contributed by atoms with Gasteiger partial charge in [0.1, 0.15) is 5.75 Å². The third-order valence-corrected chi connectivity index (χ3v) is 2.42. The first-order chi connectivity index (χ1) is 7.31. The molecule has 0 N–H and O–H groups in total. The van der Waals surface area contributed by atoms with Crippen LogP contribution >= 0.6 is 11.6 Å². The fraction of sp³-hybridized carbons (Fsp3) is 0.417. The van der Waals surface area contributed by atoms with E-state index >= 15 is 0 Å². The number of halogens is 1. The van der Waals surface area contributed by atoms with E-state index in [1.165, 1.54) is 0 Å². The summed E-state index contributed by atoms with van der Waals surface area (Å²) in [7, 11) is 0. The number of hydrogen-bond acceptors (Lipinski definition) is 2. The van der Waals surface area contributed by atoms with E-state index in [2.05, 4.69) is 6.92 Å². The average Bonchev–Trinajstić information content (AvgIpc) is 2.29. The van der Waals surface area contributed by atoms with Crippen LogP contribution in [0.25, 0.3) is 0 Å². The Morgan fingerprint density at radius 1 is 1.47 bits per heavy atom. The Morgan fingerprint density at radius 2 is 2.27 bits per heavy atom. The number of ether oxygens (including phenoxy) is 1. The summed E-state index contributed by atoms with van der Waals surface area (Å²) in [5.41, 5.74) is 1.51. The number of carbonyl (C=O) groups is 1. The van der Waals surface area contributed by atoms with Crippen molar-refractivity contribution in [2.45, 2.75) is 25.6 Å². The lowest BCUT2D eigenvalue weighted by atomic mass is 10.1. The first-order valence-corrected chi connectivity index (χ1v) is 5.62. The van der Waals surface area contributed by atoms with Crippen LogP contribution in [0.1, 0.15) is 35.7 Å². The molecular weight excluding hydrogens is 212 g/mol. The van der Waals surface area contributed by atoms with Gasteiger partial charge in [0.05, 0.1) is 12.2 Å². The molecule has 0 aliphatic heterocycles. The minimum Gasteiger partial charge on any atom is -0.493 e. The maximum Gasteiger partial charge on any atom is 0.153 e. The maximum atomic E-state index is 10.8. The van der Waals surface area contributed by atoms with E-state index in [4.69, 9.17) is 16.3 Å². The van der Waals surface area contributed by atoms with Crippen molar-refractivity contribution in [3.63, 3.8) is 0 Å². The molecule has 1 rings (SSSR count).